The number of aliphatic hydroxyl groups is 1. The summed E-state index contributed by atoms with van der Waals surface area (Å²) in [6.45, 7) is 4.83. The first kappa shape index (κ1) is 15.5. The summed E-state index contributed by atoms with van der Waals surface area (Å²) in [6.07, 6.45) is 3.17. The van der Waals surface area contributed by atoms with E-state index >= 15 is 0 Å². The second-order valence-corrected chi connectivity index (χ2v) is 7.20. The maximum absolute atomic E-state index is 12.5. The Morgan fingerprint density at radius 2 is 2.10 bits per heavy atom. The number of nitrogens with zero attached hydrogens (tertiary/aromatic N) is 2. The number of hydrogen-bond acceptors (Lipinski definition) is 4. The van der Waals surface area contributed by atoms with Crippen molar-refractivity contribution >= 4 is 10.0 Å². The first-order valence-electron chi connectivity index (χ1n) is 6.97. The lowest BCUT2D eigenvalue weighted by Crippen LogP contribution is -2.45. The van der Waals surface area contributed by atoms with Crippen LogP contribution in [0.5, 0.6) is 0 Å². The summed E-state index contributed by atoms with van der Waals surface area (Å²) in [5.74, 6) is 0. The molecule has 1 aromatic rings. The zero-order valence-corrected chi connectivity index (χ0v) is 12.9. The average Bonchev–Trinajstić information content (AvgIpc) is 2.96. The fourth-order valence-electron chi connectivity index (χ4n) is 2.62. The molecule has 0 saturated carbocycles. The summed E-state index contributed by atoms with van der Waals surface area (Å²) < 4.78 is 26.5. The van der Waals surface area contributed by atoms with Gasteiger partial charge in [0.2, 0.25) is 10.0 Å². The molecule has 0 aliphatic carbocycles. The molecule has 2 N–H and O–H groups in total. The summed E-state index contributed by atoms with van der Waals surface area (Å²) >= 11 is 0. The molecular weight excluding hydrogens is 278 g/mol. The van der Waals surface area contributed by atoms with Crippen LogP contribution in [0.3, 0.4) is 0 Å². The molecule has 2 heterocycles. The maximum Gasteiger partial charge on any atom is 0.244 e. The highest BCUT2D eigenvalue weighted by Crippen LogP contribution is 2.23. The van der Waals surface area contributed by atoms with Crippen LogP contribution >= 0.6 is 0 Å². The van der Waals surface area contributed by atoms with Gasteiger partial charge in [-0.1, -0.05) is 6.92 Å². The Balaban J connectivity index is 2.09. The summed E-state index contributed by atoms with van der Waals surface area (Å²) in [6, 6.07) is 1.54. The summed E-state index contributed by atoms with van der Waals surface area (Å²) in [4.78, 5) is 5.33. The number of aliphatic hydroxyl groups excluding tert-OH is 1. The van der Waals surface area contributed by atoms with Crippen molar-refractivity contribution in [2.75, 3.05) is 26.7 Å². The van der Waals surface area contributed by atoms with Gasteiger partial charge in [-0.25, -0.2) is 8.42 Å². The molecule has 0 aromatic carbocycles. The summed E-state index contributed by atoms with van der Waals surface area (Å²) in [7, 11) is -1.83. The molecule has 0 spiro atoms. The van der Waals surface area contributed by atoms with Gasteiger partial charge in [0.1, 0.15) is 0 Å². The Hall–Kier alpha value is -0.890. The smallest absolute Gasteiger partial charge is 0.244 e. The van der Waals surface area contributed by atoms with E-state index in [0.29, 0.717) is 5.69 Å². The zero-order chi connectivity index (χ0) is 14.8. The van der Waals surface area contributed by atoms with Crippen molar-refractivity contribution in [3.05, 3.63) is 18.0 Å². The van der Waals surface area contributed by atoms with Crippen LogP contribution in [-0.4, -0.2) is 60.4 Å². The third-order valence-electron chi connectivity index (χ3n) is 4.08. The molecule has 0 radical (unpaired) electrons. The van der Waals surface area contributed by atoms with E-state index in [0.717, 1.165) is 32.5 Å². The van der Waals surface area contributed by atoms with Crippen molar-refractivity contribution in [3.8, 4) is 0 Å². The zero-order valence-electron chi connectivity index (χ0n) is 12.0. The minimum absolute atomic E-state index is 0.0512. The van der Waals surface area contributed by atoms with Crippen LogP contribution in [0.15, 0.2) is 17.2 Å². The molecule has 114 valence electrons. The molecule has 0 unspecified atom stereocenters. The van der Waals surface area contributed by atoms with E-state index in [9.17, 15) is 8.42 Å². The minimum Gasteiger partial charge on any atom is -0.390 e. The molecule has 2 rings (SSSR count). The third kappa shape index (κ3) is 3.06. The Morgan fingerprint density at radius 1 is 1.45 bits per heavy atom. The van der Waals surface area contributed by atoms with Gasteiger partial charge in [0.15, 0.2) is 0 Å². The normalized spacial score (nSPS) is 18.8. The van der Waals surface area contributed by atoms with E-state index < -0.39 is 10.0 Å². The van der Waals surface area contributed by atoms with Crippen LogP contribution in [-0.2, 0) is 16.6 Å². The lowest BCUT2D eigenvalue weighted by atomic mass is 10.1. The van der Waals surface area contributed by atoms with Crippen LogP contribution in [0.4, 0.5) is 0 Å². The van der Waals surface area contributed by atoms with Crippen LogP contribution in [0.2, 0.25) is 0 Å². The molecule has 0 amide bonds. The predicted molar refractivity (Wildman–Crippen MR) is 76.8 cm³/mol. The topological polar surface area (TPSA) is 76.6 Å². The molecule has 1 fully saturated rings. The van der Waals surface area contributed by atoms with Crippen molar-refractivity contribution in [2.24, 2.45) is 0 Å². The summed E-state index contributed by atoms with van der Waals surface area (Å²) in [5, 5.41) is 9.02. The Morgan fingerprint density at radius 3 is 2.60 bits per heavy atom. The molecule has 6 nitrogen and oxygen atoms in total. The molecule has 1 aromatic heterocycles. The van der Waals surface area contributed by atoms with Crippen LogP contribution in [0.1, 0.15) is 25.5 Å². The van der Waals surface area contributed by atoms with Crippen LogP contribution in [0.25, 0.3) is 0 Å². The number of nitrogens with one attached hydrogen (secondary N) is 1. The van der Waals surface area contributed by atoms with Gasteiger partial charge in [0, 0.05) is 25.0 Å². The van der Waals surface area contributed by atoms with Crippen molar-refractivity contribution in [1.82, 2.24) is 14.2 Å². The lowest BCUT2D eigenvalue weighted by Gasteiger charge is -2.35. The third-order valence-corrected chi connectivity index (χ3v) is 5.97. The Kier molecular flexibility index (Phi) is 4.85. The van der Waals surface area contributed by atoms with E-state index in [1.54, 1.807) is 7.05 Å². The first-order chi connectivity index (χ1) is 9.48. The Labute approximate surface area is 120 Å². The van der Waals surface area contributed by atoms with Gasteiger partial charge in [0.05, 0.1) is 11.5 Å². The highest BCUT2D eigenvalue weighted by molar-refractivity contribution is 7.89. The van der Waals surface area contributed by atoms with Crippen molar-refractivity contribution in [3.63, 3.8) is 0 Å². The quantitative estimate of drug-likeness (QED) is 0.835. The van der Waals surface area contributed by atoms with Gasteiger partial charge < -0.3 is 15.0 Å². The number of sulfonamides is 1. The maximum atomic E-state index is 12.5. The van der Waals surface area contributed by atoms with Gasteiger partial charge in [-0.3, -0.25) is 0 Å². The van der Waals surface area contributed by atoms with Crippen molar-refractivity contribution in [1.29, 1.82) is 0 Å². The number of aromatic nitrogens is 1. The molecule has 0 atom stereocenters. The van der Waals surface area contributed by atoms with Gasteiger partial charge in [-0.2, -0.15) is 4.31 Å². The van der Waals surface area contributed by atoms with E-state index in [2.05, 4.69) is 16.8 Å². The fourth-order valence-corrected chi connectivity index (χ4v) is 4.06. The number of likely N-dealkylation sites (tertiary alicyclic amines) is 1. The standard InChI is InChI=1S/C13H23N3O3S/c1-3-16-6-4-12(5-7-16)15(2)20(18,19)13-8-11(10-17)14-9-13/h8-9,12,14,17H,3-7,10H2,1-2H3. The molecule has 1 aliphatic rings. The highest BCUT2D eigenvalue weighted by atomic mass is 32.2. The minimum atomic E-state index is -3.48. The van der Waals surface area contributed by atoms with Crippen LogP contribution in [0, 0.1) is 0 Å². The SMILES string of the molecule is CCN1CCC(N(C)S(=O)(=O)c2c[nH]c(CO)c2)CC1. The molecule has 0 bridgehead atoms. The van der Waals surface area contributed by atoms with E-state index in [1.807, 2.05) is 0 Å². The number of piperidine rings is 1. The van der Waals surface area contributed by atoms with Crippen molar-refractivity contribution in [2.45, 2.75) is 37.3 Å². The number of aromatic amines is 1. The van der Waals surface area contributed by atoms with Gasteiger partial charge in [-0.05, 0) is 38.5 Å². The second-order valence-electron chi connectivity index (χ2n) is 5.21. The first-order valence-corrected chi connectivity index (χ1v) is 8.41. The molecule has 1 saturated heterocycles. The number of rotatable bonds is 5. The lowest BCUT2D eigenvalue weighted by molar-refractivity contribution is 0.176. The van der Waals surface area contributed by atoms with Gasteiger partial charge >= 0.3 is 0 Å². The second kappa shape index (κ2) is 6.26. The average molecular weight is 301 g/mol. The molecule has 1 aliphatic heterocycles. The highest BCUT2D eigenvalue weighted by Gasteiger charge is 2.31. The number of H-pyrrole nitrogens is 1. The predicted octanol–water partition coefficient (Wildman–Crippen LogP) is 0.612. The molecule has 7 heteroatoms. The summed E-state index contributed by atoms with van der Waals surface area (Å²) in [5.41, 5.74) is 0.512. The van der Waals surface area contributed by atoms with Gasteiger partial charge in [0.25, 0.3) is 0 Å². The largest absolute Gasteiger partial charge is 0.390 e. The fraction of sp³-hybridized carbons (Fsp3) is 0.692. The Bertz CT molecular complexity index is 533. The van der Waals surface area contributed by atoms with E-state index in [1.165, 1.54) is 16.6 Å². The van der Waals surface area contributed by atoms with Crippen molar-refractivity contribution < 1.29 is 13.5 Å². The monoisotopic (exact) mass is 301 g/mol. The van der Waals surface area contributed by atoms with Gasteiger partial charge in [-0.15, -0.1) is 0 Å². The van der Waals surface area contributed by atoms with Crippen LogP contribution < -0.4 is 0 Å². The van der Waals surface area contributed by atoms with E-state index in [4.69, 9.17) is 5.11 Å². The number of hydrogen-bond donors (Lipinski definition) is 2. The molecule has 20 heavy (non-hydrogen) atoms. The molecular formula is C13H23N3O3S. The van der Waals surface area contributed by atoms with E-state index in [-0.39, 0.29) is 17.5 Å².